The lowest BCUT2D eigenvalue weighted by Crippen LogP contribution is -2.44. The van der Waals surface area contributed by atoms with E-state index in [1.54, 1.807) is 7.11 Å². The summed E-state index contributed by atoms with van der Waals surface area (Å²) in [6.45, 7) is 4.71. The Kier molecular flexibility index (Phi) is 8.33. The van der Waals surface area contributed by atoms with Gasteiger partial charge in [0.15, 0.2) is 0 Å². The number of methoxy groups -OCH3 is 1. The molecule has 0 saturated heterocycles. The van der Waals surface area contributed by atoms with E-state index in [1.165, 1.54) is 0 Å². The van der Waals surface area contributed by atoms with Crippen molar-refractivity contribution < 1.29 is 9.53 Å². The first-order valence-corrected chi connectivity index (χ1v) is 5.66. The molecule has 15 heavy (non-hydrogen) atoms. The Hall–Kier alpha value is -0.610. The van der Waals surface area contributed by atoms with E-state index in [0.29, 0.717) is 6.61 Å². The van der Waals surface area contributed by atoms with Gasteiger partial charge in [0, 0.05) is 19.8 Å². The van der Waals surface area contributed by atoms with Gasteiger partial charge in [-0.1, -0.05) is 19.8 Å². The molecule has 0 fully saturated rings. The number of hydrogen-bond acceptors (Lipinski definition) is 3. The van der Waals surface area contributed by atoms with Crippen LogP contribution in [0.5, 0.6) is 0 Å². The number of unbranched alkanes of at least 4 members (excludes halogenated alkanes) is 1. The molecule has 1 amide bonds. The molecule has 0 aliphatic heterocycles. The third kappa shape index (κ3) is 7.33. The van der Waals surface area contributed by atoms with Crippen molar-refractivity contribution in [2.75, 3.05) is 13.7 Å². The molecule has 0 saturated carbocycles. The molecule has 0 aliphatic rings. The Balaban J connectivity index is 3.70. The third-order valence-corrected chi connectivity index (χ3v) is 2.35. The van der Waals surface area contributed by atoms with Crippen LogP contribution in [0.2, 0.25) is 0 Å². The second-order valence-electron chi connectivity index (χ2n) is 3.94. The maximum atomic E-state index is 11.5. The number of nitrogens with two attached hydrogens (primary N) is 1. The van der Waals surface area contributed by atoms with E-state index in [0.717, 1.165) is 25.7 Å². The maximum absolute atomic E-state index is 11.5. The summed E-state index contributed by atoms with van der Waals surface area (Å²) in [5.41, 5.74) is 5.74. The van der Waals surface area contributed by atoms with E-state index in [9.17, 15) is 4.79 Å². The van der Waals surface area contributed by atoms with E-state index in [4.69, 9.17) is 10.5 Å². The lowest BCUT2D eigenvalue weighted by Gasteiger charge is -2.17. The molecule has 0 aromatic heterocycles. The first kappa shape index (κ1) is 14.4. The van der Waals surface area contributed by atoms with Gasteiger partial charge < -0.3 is 15.8 Å². The summed E-state index contributed by atoms with van der Waals surface area (Å²) in [6.07, 6.45) is 3.66. The highest BCUT2D eigenvalue weighted by atomic mass is 16.5. The van der Waals surface area contributed by atoms with Gasteiger partial charge in [-0.2, -0.15) is 0 Å². The highest BCUT2D eigenvalue weighted by Gasteiger charge is 2.14. The largest absolute Gasteiger partial charge is 0.385 e. The van der Waals surface area contributed by atoms with Crippen LogP contribution in [-0.4, -0.2) is 31.7 Å². The molecule has 90 valence electrons. The number of carbonyl (C=O) groups excluding carboxylic acids is 1. The summed E-state index contributed by atoms with van der Waals surface area (Å²) >= 11 is 0. The van der Waals surface area contributed by atoms with Gasteiger partial charge >= 0.3 is 0 Å². The Labute approximate surface area is 92.6 Å². The van der Waals surface area contributed by atoms with Crippen molar-refractivity contribution in [1.82, 2.24) is 5.32 Å². The second kappa shape index (κ2) is 8.68. The van der Waals surface area contributed by atoms with Crippen molar-refractivity contribution in [3.8, 4) is 0 Å². The molecule has 0 rings (SSSR count). The normalized spacial score (nSPS) is 14.7. The first-order chi connectivity index (χ1) is 7.11. The van der Waals surface area contributed by atoms with Gasteiger partial charge in [-0.15, -0.1) is 0 Å². The summed E-state index contributed by atoms with van der Waals surface area (Å²) < 4.78 is 4.94. The van der Waals surface area contributed by atoms with Gasteiger partial charge in [-0.25, -0.2) is 0 Å². The van der Waals surface area contributed by atoms with E-state index in [1.807, 2.05) is 6.92 Å². The number of ether oxygens (including phenoxy) is 1. The van der Waals surface area contributed by atoms with Crippen LogP contribution in [0.4, 0.5) is 0 Å². The number of hydrogen-bond donors (Lipinski definition) is 2. The molecule has 0 aromatic carbocycles. The van der Waals surface area contributed by atoms with Crippen molar-refractivity contribution in [2.24, 2.45) is 5.73 Å². The summed E-state index contributed by atoms with van der Waals surface area (Å²) in [4.78, 5) is 11.5. The first-order valence-electron chi connectivity index (χ1n) is 5.66. The predicted octanol–water partition coefficient (Wildman–Crippen LogP) is 1.05. The Morgan fingerprint density at radius 2 is 2.13 bits per heavy atom. The molecule has 4 nitrogen and oxygen atoms in total. The number of amides is 1. The van der Waals surface area contributed by atoms with E-state index < -0.39 is 0 Å². The van der Waals surface area contributed by atoms with Crippen molar-refractivity contribution in [1.29, 1.82) is 0 Å². The zero-order valence-corrected chi connectivity index (χ0v) is 10.1. The zero-order chi connectivity index (χ0) is 11.7. The molecule has 0 heterocycles. The zero-order valence-electron chi connectivity index (χ0n) is 10.1. The van der Waals surface area contributed by atoms with Gasteiger partial charge in [0.2, 0.25) is 5.91 Å². The molecule has 0 bridgehead atoms. The van der Waals surface area contributed by atoms with Gasteiger partial charge in [0.1, 0.15) is 0 Å². The van der Waals surface area contributed by atoms with Crippen molar-refractivity contribution in [2.45, 2.75) is 51.6 Å². The predicted molar refractivity (Wildman–Crippen MR) is 61.6 cm³/mol. The Bertz CT molecular complexity index is 174. The van der Waals surface area contributed by atoms with Crippen LogP contribution < -0.4 is 11.1 Å². The summed E-state index contributed by atoms with van der Waals surface area (Å²) in [7, 11) is 1.65. The fourth-order valence-corrected chi connectivity index (χ4v) is 1.27. The summed E-state index contributed by atoms with van der Waals surface area (Å²) in [6, 6.07) is -0.236. The van der Waals surface area contributed by atoms with Crippen LogP contribution in [0.15, 0.2) is 0 Å². The molecule has 2 atom stereocenters. The van der Waals surface area contributed by atoms with E-state index in [-0.39, 0.29) is 18.0 Å². The van der Waals surface area contributed by atoms with Crippen LogP contribution in [-0.2, 0) is 9.53 Å². The molecule has 0 aliphatic carbocycles. The van der Waals surface area contributed by atoms with Crippen molar-refractivity contribution in [3.05, 3.63) is 0 Å². The fraction of sp³-hybridized carbons (Fsp3) is 0.909. The highest BCUT2D eigenvalue weighted by molar-refractivity contribution is 5.81. The second-order valence-corrected chi connectivity index (χ2v) is 3.94. The van der Waals surface area contributed by atoms with Crippen molar-refractivity contribution >= 4 is 5.91 Å². The van der Waals surface area contributed by atoms with E-state index >= 15 is 0 Å². The van der Waals surface area contributed by atoms with Gasteiger partial charge in [0.05, 0.1) is 6.04 Å². The molecular formula is C11H24N2O2. The monoisotopic (exact) mass is 216 g/mol. The van der Waals surface area contributed by atoms with Crippen LogP contribution >= 0.6 is 0 Å². The molecule has 1 unspecified atom stereocenters. The smallest absolute Gasteiger partial charge is 0.237 e. The van der Waals surface area contributed by atoms with Crippen LogP contribution in [0.1, 0.15) is 39.5 Å². The number of rotatable bonds is 8. The van der Waals surface area contributed by atoms with Gasteiger partial charge in [-0.3, -0.25) is 4.79 Å². The third-order valence-electron chi connectivity index (χ3n) is 2.35. The van der Waals surface area contributed by atoms with Crippen LogP contribution in [0.25, 0.3) is 0 Å². The maximum Gasteiger partial charge on any atom is 0.237 e. The quantitative estimate of drug-likeness (QED) is 0.637. The standard InChI is InChI=1S/C11H24N2O2/c1-4-5-6-10(12)11(14)13-9(2)7-8-15-3/h9-10H,4-8,12H2,1-3H3,(H,13,14)/t9?,10-/m0/s1. The fourth-order valence-electron chi connectivity index (χ4n) is 1.27. The average molecular weight is 216 g/mol. The molecule has 0 aromatic rings. The Morgan fingerprint density at radius 3 is 2.67 bits per heavy atom. The van der Waals surface area contributed by atoms with Gasteiger partial charge in [-0.05, 0) is 19.8 Å². The minimum Gasteiger partial charge on any atom is -0.385 e. The van der Waals surface area contributed by atoms with Crippen LogP contribution in [0.3, 0.4) is 0 Å². The van der Waals surface area contributed by atoms with Crippen molar-refractivity contribution in [3.63, 3.8) is 0 Å². The molecule has 4 heteroatoms. The SMILES string of the molecule is CCCC[C@H](N)C(=O)NC(C)CCOC. The average Bonchev–Trinajstić information content (AvgIpc) is 2.22. The summed E-state index contributed by atoms with van der Waals surface area (Å²) in [5, 5.41) is 2.88. The Morgan fingerprint density at radius 1 is 1.47 bits per heavy atom. The topological polar surface area (TPSA) is 64.4 Å². The number of nitrogens with one attached hydrogen (secondary N) is 1. The minimum atomic E-state index is -0.366. The molecular weight excluding hydrogens is 192 g/mol. The lowest BCUT2D eigenvalue weighted by atomic mass is 10.1. The number of carbonyl (C=O) groups is 1. The minimum absolute atomic E-state index is 0.0490. The molecule has 0 spiro atoms. The molecule has 3 N–H and O–H groups in total. The van der Waals surface area contributed by atoms with Gasteiger partial charge in [0.25, 0.3) is 0 Å². The van der Waals surface area contributed by atoms with Crippen LogP contribution in [0, 0.1) is 0 Å². The lowest BCUT2D eigenvalue weighted by molar-refractivity contribution is -0.123. The summed E-state index contributed by atoms with van der Waals surface area (Å²) in [5.74, 6) is -0.0490. The molecule has 0 radical (unpaired) electrons. The van der Waals surface area contributed by atoms with E-state index in [2.05, 4.69) is 12.2 Å². The highest BCUT2D eigenvalue weighted by Crippen LogP contribution is 1.99.